The fourth-order valence-electron chi connectivity index (χ4n) is 3.14. The van der Waals surface area contributed by atoms with Gasteiger partial charge in [0, 0.05) is 0 Å². The molecular formula is C16H23F2NOSi. The van der Waals surface area contributed by atoms with Gasteiger partial charge < -0.3 is 0 Å². The number of carbonyl (C=O) groups excluding carboxylic acids is 1. The van der Waals surface area contributed by atoms with Crippen molar-refractivity contribution in [1.29, 1.82) is 0 Å². The average Bonchev–Trinajstić information content (AvgIpc) is 2.36. The highest BCUT2D eigenvalue weighted by Crippen LogP contribution is 2.54. The topological polar surface area (TPSA) is 20.3 Å². The Hall–Kier alpha value is -1.23. The van der Waals surface area contributed by atoms with Gasteiger partial charge in [0.05, 0.1) is 13.8 Å². The van der Waals surface area contributed by atoms with E-state index in [1.54, 1.807) is 0 Å². The number of para-hydroxylation sites is 1. The van der Waals surface area contributed by atoms with E-state index in [4.69, 9.17) is 0 Å². The van der Waals surface area contributed by atoms with Crippen molar-refractivity contribution in [3.63, 3.8) is 0 Å². The van der Waals surface area contributed by atoms with Gasteiger partial charge in [0.15, 0.2) is 0 Å². The highest BCUT2D eigenvalue weighted by atomic mass is 28.3. The number of β-lactam (4-membered cyclic amide) rings is 1. The highest BCUT2D eigenvalue weighted by molar-refractivity contribution is 6.82. The number of hydrogen-bond donors (Lipinski definition) is 0. The molecule has 2 rings (SSSR count). The molecule has 0 bridgehead atoms. The van der Waals surface area contributed by atoms with Crippen molar-refractivity contribution in [3.8, 4) is 0 Å². The zero-order valence-corrected chi connectivity index (χ0v) is 14.3. The fourth-order valence-corrected chi connectivity index (χ4v) is 5.18. The largest absolute Gasteiger partial charge is 0.341 e. The molecule has 1 aliphatic heterocycles. The lowest BCUT2D eigenvalue weighted by molar-refractivity contribution is -0.148. The summed E-state index contributed by atoms with van der Waals surface area (Å²) in [6, 6.07) is 2.48. The molecule has 1 heterocycles. The van der Waals surface area contributed by atoms with Crippen LogP contribution in [0.5, 0.6) is 0 Å². The van der Waals surface area contributed by atoms with E-state index >= 15 is 0 Å². The van der Waals surface area contributed by atoms with Crippen molar-refractivity contribution in [2.24, 2.45) is 0 Å². The summed E-state index contributed by atoms with van der Waals surface area (Å²) in [6.45, 7) is 9.33. The average molecular weight is 311 g/mol. The Morgan fingerprint density at radius 3 is 1.95 bits per heavy atom. The number of rotatable bonds is 4. The molecular weight excluding hydrogens is 288 g/mol. The standard InChI is InChI=1S/C16H23F2NOSi/c1-6-11-9-8-10-12(7-2)13(11)19-15(20)14(16(19,17)18)21(3,4)5/h8-10,14H,6-7H2,1-5H3. The first kappa shape index (κ1) is 16.1. The van der Waals surface area contributed by atoms with Crippen LogP contribution in [0.3, 0.4) is 0 Å². The predicted molar refractivity (Wildman–Crippen MR) is 84.7 cm³/mol. The third-order valence-corrected chi connectivity index (χ3v) is 6.49. The summed E-state index contributed by atoms with van der Waals surface area (Å²) in [4.78, 5) is 13.2. The van der Waals surface area contributed by atoms with Gasteiger partial charge >= 0.3 is 6.05 Å². The summed E-state index contributed by atoms with van der Waals surface area (Å²) >= 11 is 0. The maximum atomic E-state index is 14.7. The molecule has 21 heavy (non-hydrogen) atoms. The summed E-state index contributed by atoms with van der Waals surface area (Å²) in [5.41, 5.74) is 0.958. The van der Waals surface area contributed by atoms with Crippen molar-refractivity contribution >= 4 is 19.7 Å². The van der Waals surface area contributed by atoms with E-state index in [0.717, 1.165) is 16.0 Å². The lowest BCUT2D eigenvalue weighted by atomic mass is 9.97. The van der Waals surface area contributed by atoms with E-state index in [0.29, 0.717) is 18.5 Å². The number of aryl methyl sites for hydroxylation is 2. The lowest BCUT2D eigenvalue weighted by Gasteiger charge is -2.51. The van der Waals surface area contributed by atoms with Gasteiger partial charge in [0.1, 0.15) is 5.54 Å². The van der Waals surface area contributed by atoms with E-state index in [2.05, 4.69) is 0 Å². The fraction of sp³-hybridized carbons (Fsp3) is 0.562. The summed E-state index contributed by atoms with van der Waals surface area (Å²) in [5, 5.41) is 0. The minimum absolute atomic E-state index is 0.408. The van der Waals surface area contributed by atoms with E-state index in [1.807, 2.05) is 51.7 Å². The first-order valence-electron chi connectivity index (χ1n) is 7.48. The van der Waals surface area contributed by atoms with Gasteiger partial charge in [-0.1, -0.05) is 51.7 Å². The lowest BCUT2D eigenvalue weighted by Crippen LogP contribution is -2.69. The number of benzene rings is 1. The van der Waals surface area contributed by atoms with Crippen LogP contribution in [0.15, 0.2) is 18.2 Å². The zero-order valence-electron chi connectivity index (χ0n) is 13.3. The molecule has 1 atom stereocenters. The van der Waals surface area contributed by atoms with Crippen LogP contribution in [-0.4, -0.2) is 20.0 Å². The minimum Gasteiger partial charge on any atom is -0.274 e. The predicted octanol–water partition coefficient (Wildman–Crippen LogP) is 4.46. The molecule has 0 aromatic heterocycles. The molecule has 1 aromatic carbocycles. The molecule has 1 aromatic rings. The Morgan fingerprint density at radius 2 is 1.62 bits per heavy atom. The van der Waals surface area contributed by atoms with Crippen LogP contribution < -0.4 is 4.90 Å². The number of halogens is 2. The van der Waals surface area contributed by atoms with Crippen LogP contribution in [0, 0.1) is 0 Å². The smallest absolute Gasteiger partial charge is 0.274 e. The number of amides is 1. The quantitative estimate of drug-likeness (QED) is 0.457. The van der Waals surface area contributed by atoms with Crippen LogP contribution in [0.4, 0.5) is 14.5 Å². The Kier molecular flexibility index (Phi) is 3.99. The second kappa shape index (κ2) is 5.20. The number of carbonyl (C=O) groups is 1. The molecule has 1 amide bonds. The molecule has 1 fully saturated rings. The van der Waals surface area contributed by atoms with Crippen molar-refractivity contribution in [2.75, 3.05) is 4.90 Å². The normalized spacial score (nSPS) is 21.4. The second-order valence-corrected chi connectivity index (χ2v) is 12.0. The summed E-state index contributed by atoms with van der Waals surface area (Å²) in [5.74, 6) is -0.408. The third kappa shape index (κ3) is 2.41. The Labute approximate surface area is 126 Å². The van der Waals surface area contributed by atoms with Crippen LogP contribution in [-0.2, 0) is 17.6 Å². The molecule has 1 unspecified atom stereocenters. The van der Waals surface area contributed by atoms with E-state index < -0.39 is 25.6 Å². The molecule has 116 valence electrons. The Balaban J connectivity index is 2.52. The molecule has 0 aliphatic carbocycles. The number of hydrogen-bond acceptors (Lipinski definition) is 1. The van der Waals surface area contributed by atoms with Gasteiger partial charge in [-0.2, -0.15) is 8.78 Å². The van der Waals surface area contributed by atoms with Gasteiger partial charge in [-0.15, -0.1) is 0 Å². The second-order valence-electron chi connectivity index (χ2n) is 6.69. The summed E-state index contributed by atoms with van der Waals surface area (Å²) in [7, 11) is -2.24. The van der Waals surface area contributed by atoms with Gasteiger partial charge in [0.25, 0.3) is 0 Å². The van der Waals surface area contributed by atoms with Gasteiger partial charge in [0.2, 0.25) is 5.91 Å². The third-order valence-electron chi connectivity index (χ3n) is 4.17. The monoisotopic (exact) mass is 311 g/mol. The zero-order chi connectivity index (χ0) is 16.0. The Bertz CT molecular complexity index is 544. The van der Waals surface area contributed by atoms with E-state index in [9.17, 15) is 13.6 Å². The van der Waals surface area contributed by atoms with Crippen LogP contribution in [0.2, 0.25) is 25.2 Å². The van der Waals surface area contributed by atoms with Crippen molar-refractivity contribution in [3.05, 3.63) is 29.3 Å². The molecule has 0 saturated carbocycles. The van der Waals surface area contributed by atoms with Gasteiger partial charge in [-0.25, -0.2) is 0 Å². The van der Waals surface area contributed by atoms with Crippen LogP contribution in [0.1, 0.15) is 25.0 Å². The molecule has 1 saturated heterocycles. The molecule has 5 heteroatoms. The molecule has 0 N–H and O–H groups in total. The number of nitrogens with zero attached hydrogens (tertiary/aromatic N) is 1. The number of anilines is 1. The van der Waals surface area contributed by atoms with E-state index in [-0.39, 0.29) is 0 Å². The summed E-state index contributed by atoms with van der Waals surface area (Å²) < 4.78 is 29.3. The maximum Gasteiger partial charge on any atom is 0.341 e. The van der Waals surface area contributed by atoms with Crippen molar-refractivity contribution in [2.45, 2.75) is 57.9 Å². The Morgan fingerprint density at radius 1 is 1.14 bits per heavy atom. The maximum absolute atomic E-state index is 14.7. The van der Waals surface area contributed by atoms with Crippen LogP contribution >= 0.6 is 0 Å². The number of alkyl halides is 2. The first-order valence-corrected chi connectivity index (χ1v) is 11.1. The van der Waals surface area contributed by atoms with E-state index in [1.165, 1.54) is 0 Å². The SMILES string of the molecule is CCc1cccc(CC)c1N1C(=O)C([Si](C)(C)C)C1(F)F. The highest BCUT2D eigenvalue weighted by Gasteiger charge is 2.68. The summed E-state index contributed by atoms with van der Waals surface area (Å²) in [6.07, 6.45) is 1.28. The first-order chi connectivity index (χ1) is 9.66. The molecule has 0 spiro atoms. The van der Waals surface area contributed by atoms with Crippen LogP contribution in [0.25, 0.3) is 0 Å². The van der Waals surface area contributed by atoms with Gasteiger partial charge in [-0.05, 0) is 24.0 Å². The van der Waals surface area contributed by atoms with Crippen molar-refractivity contribution < 1.29 is 13.6 Å². The van der Waals surface area contributed by atoms with Gasteiger partial charge in [-0.3, -0.25) is 9.69 Å². The molecule has 2 nitrogen and oxygen atoms in total. The van der Waals surface area contributed by atoms with Crippen molar-refractivity contribution in [1.82, 2.24) is 0 Å². The molecule has 1 aliphatic rings. The minimum atomic E-state index is -3.06. The molecule has 0 radical (unpaired) electrons.